The summed E-state index contributed by atoms with van der Waals surface area (Å²) in [7, 11) is -3.73. The molecule has 1 aromatic heterocycles. The number of sulfonamides is 1. The van der Waals surface area contributed by atoms with Crippen LogP contribution >= 0.6 is 11.3 Å². The molecule has 5 rings (SSSR count). The molecule has 11 nitrogen and oxygen atoms in total. The number of fused-ring (bicyclic) bond motifs is 1. The number of nitrogens with one attached hydrogen (secondary N) is 2. The number of aliphatic hydroxyl groups is 1. The summed E-state index contributed by atoms with van der Waals surface area (Å²) in [4.78, 5) is 25.9. The standard InChI is InChI=1S/C30H39F3N6O5S2/c1-6-44-27(40)22-20(35-25(26-34-11-13-45-26)36-23(22)18-8-7-9-19(31)17(18)2)14-39-16-30(32,33)24-21(39)10-12-38(24)15-29(3,4)28(41)37-46(5,42)43/h7-9,11,13,21,23-24,28,37,41H,6,10,12,14-16H2,1-5H3,(H,35,36)/t21-,23-,24+,28?/m0/s1. The van der Waals surface area contributed by atoms with Crippen molar-refractivity contribution < 1.29 is 36.2 Å². The van der Waals surface area contributed by atoms with Crippen LogP contribution < -0.4 is 10.0 Å². The molecule has 2 saturated heterocycles. The first-order chi connectivity index (χ1) is 21.5. The molecule has 1 unspecified atom stereocenters. The highest BCUT2D eigenvalue weighted by Gasteiger charge is 2.60. The number of esters is 1. The Morgan fingerprint density at radius 2 is 2.07 bits per heavy atom. The van der Waals surface area contributed by atoms with Gasteiger partial charge in [-0.05, 0) is 37.5 Å². The predicted molar refractivity (Wildman–Crippen MR) is 167 cm³/mol. The van der Waals surface area contributed by atoms with Crippen molar-refractivity contribution in [1.29, 1.82) is 0 Å². The average Bonchev–Trinajstić information content (AvgIpc) is 3.68. The molecule has 1 aromatic carbocycles. The lowest BCUT2D eigenvalue weighted by atomic mass is 9.90. The number of amidine groups is 1. The summed E-state index contributed by atoms with van der Waals surface area (Å²) >= 11 is 1.30. The van der Waals surface area contributed by atoms with Gasteiger partial charge in [0.1, 0.15) is 18.1 Å². The summed E-state index contributed by atoms with van der Waals surface area (Å²) < 4.78 is 77.5. The molecule has 252 valence electrons. The number of benzene rings is 1. The third-order valence-corrected chi connectivity index (χ3v) is 10.1. The van der Waals surface area contributed by atoms with E-state index < -0.39 is 64.0 Å². The van der Waals surface area contributed by atoms with Gasteiger partial charge in [0.25, 0.3) is 5.92 Å². The van der Waals surface area contributed by atoms with Crippen molar-refractivity contribution in [1.82, 2.24) is 24.8 Å². The number of carbonyl (C=O) groups is 1. The topological polar surface area (TPSA) is 136 Å². The van der Waals surface area contributed by atoms with Crippen molar-refractivity contribution in [2.75, 3.05) is 39.0 Å². The molecular formula is C30H39F3N6O5S2. The van der Waals surface area contributed by atoms with Crippen molar-refractivity contribution in [2.24, 2.45) is 10.4 Å². The van der Waals surface area contributed by atoms with E-state index in [0.717, 1.165) is 6.26 Å². The van der Waals surface area contributed by atoms with Gasteiger partial charge in [0.05, 0.1) is 31.0 Å². The molecule has 3 aliphatic rings. The Morgan fingerprint density at radius 3 is 2.72 bits per heavy atom. The second kappa shape index (κ2) is 13.0. The van der Waals surface area contributed by atoms with Gasteiger partial charge in [-0.25, -0.2) is 31.4 Å². The number of halogens is 3. The number of aromatic nitrogens is 1. The lowest BCUT2D eigenvalue weighted by Gasteiger charge is -2.37. The third-order valence-electron chi connectivity index (χ3n) is 8.68. The number of rotatable bonds is 11. The first-order valence-electron chi connectivity index (χ1n) is 14.9. The molecule has 0 amide bonds. The largest absolute Gasteiger partial charge is 0.463 e. The first-order valence-corrected chi connectivity index (χ1v) is 17.7. The molecule has 2 aromatic rings. The molecule has 0 spiro atoms. The Labute approximate surface area is 270 Å². The van der Waals surface area contributed by atoms with E-state index in [2.05, 4.69) is 15.0 Å². The summed E-state index contributed by atoms with van der Waals surface area (Å²) in [6.45, 7) is 6.18. The minimum Gasteiger partial charge on any atom is -0.463 e. The zero-order chi connectivity index (χ0) is 33.6. The summed E-state index contributed by atoms with van der Waals surface area (Å²) in [5.41, 5.74) is 0.0773. The van der Waals surface area contributed by atoms with Crippen molar-refractivity contribution in [3.05, 3.63) is 63.0 Å². The number of hydrogen-bond acceptors (Lipinski definition) is 11. The maximum Gasteiger partial charge on any atom is 0.338 e. The molecule has 2 fully saturated rings. The van der Waals surface area contributed by atoms with Crippen LogP contribution in [0.4, 0.5) is 13.2 Å². The van der Waals surface area contributed by atoms with Gasteiger partial charge in [0.2, 0.25) is 10.0 Å². The van der Waals surface area contributed by atoms with Gasteiger partial charge in [-0.2, -0.15) is 4.72 Å². The van der Waals surface area contributed by atoms with Gasteiger partial charge < -0.3 is 15.2 Å². The number of aliphatic hydroxyl groups excluding tert-OH is 1. The second-order valence-corrected chi connectivity index (χ2v) is 15.3. The van der Waals surface area contributed by atoms with Crippen LogP contribution in [-0.4, -0.2) is 103 Å². The molecule has 46 heavy (non-hydrogen) atoms. The molecule has 0 aliphatic carbocycles. The fourth-order valence-electron chi connectivity index (χ4n) is 6.54. The highest BCUT2D eigenvalue weighted by atomic mass is 32.2. The van der Waals surface area contributed by atoms with E-state index in [-0.39, 0.29) is 25.3 Å². The fourth-order valence-corrected chi connectivity index (χ4v) is 7.85. The number of likely N-dealkylation sites (tertiary alicyclic amines) is 2. The molecule has 3 aliphatic heterocycles. The number of thiazole rings is 1. The normalized spacial score (nSPS) is 24.5. The monoisotopic (exact) mass is 684 g/mol. The number of alkyl halides is 2. The molecule has 3 N–H and O–H groups in total. The van der Waals surface area contributed by atoms with E-state index >= 15 is 8.78 Å². The molecule has 0 saturated carbocycles. The van der Waals surface area contributed by atoms with Crippen LogP contribution in [0.3, 0.4) is 0 Å². The summed E-state index contributed by atoms with van der Waals surface area (Å²) in [6.07, 6.45) is 1.42. The van der Waals surface area contributed by atoms with Crippen molar-refractivity contribution in [3.8, 4) is 0 Å². The van der Waals surface area contributed by atoms with E-state index in [1.807, 2.05) is 0 Å². The van der Waals surface area contributed by atoms with Crippen LogP contribution in [0.1, 0.15) is 49.4 Å². The number of aliphatic imine (C=N–C) groups is 1. The van der Waals surface area contributed by atoms with E-state index in [1.165, 1.54) is 23.5 Å². The van der Waals surface area contributed by atoms with E-state index in [0.29, 0.717) is 40.6 Å². The Kier molecular flexibility index (Phi) is 9.70. The molecule has 16 heteroatoms. The molecule has 4 heterocycles. The SMILES string of the molecule is CCOC(=O)C1=C(CN2CC(F)(F)[C@H]3[C@@H]2CCN3CC(C)(C)C(O)NS(C)(=O)=O)NC(c2nccs2)=N[C@H]1c1cccc(F)c1C. The van der Waals surface area contributed by atoms with Crippen LogP contribution in [0.15, 0.2) is 46.0 Å². The van der Waals surface area contributed by atoms with Crippen molar-refractivity contribution in [2.45, 2.75) is 64.4 Å². The van der Waals surface area contributed by atoms with Crippen molar-refractivity contribution in [3.63, 3.8) is 0 Å². The minimum atomic E-state index is -3.73. The summed E-state index contributed by atoms with van der Waals surface area (Å²) in [5.74, 6) is -3.99. The third kappa shape index (κ3) is 7.01. The van der Waals surface area contributed by atoms with Crippen LogP contribution in [0.25, 0.3) is 0 Å². The minimum absolute atomic E-state index is 0.0120. The summed E-state index contributed by atoms with van der Waals surface area (Å²) in [6, 6.07) is 1.73. The van der Waals surface area contributed by atoms with E-state index in [9.17, 15) is 22.7 Å². The quantitative estimate of drug-likeness (QED) is 0.241. The number of nitrogens with zero attached hydrogens (tertiary/aromatic N) is 4. The zero-order valence-electron chi connectivity index (χ0n) is 26.3. The Morgan fingerprint density at radius 1 is 1.33 bits per heavy atom. The number of carbonyl (C=O) groups excluding carboxylic acids is 1. The smallest absolute Gasteiger partial charge is 0.338 e. The lowest BCUT2D eigenvalue weighted by molar-refractivity contribution is -0.139. The Hall–Kier alpha value is -2.89. The second-order valence-electron chi connectivity index (χ2n) is 12.6. The molecule has 0 radical (unpaired) electrons. The molecule has 0 bridgehead atoms. The fraction of sp³-hybridized carbons (Fsp3) is 0.567. The van der Waals surface area contributed by atoms with Gasteiger partial charge in [-0.3, -0.25) is 14.8 Å². The highest BCUT2D eigenvalue weighted by Crippen LogP contribution is 2.44. The van der Waals surface area contributed by atoms with Crippen LogP contribution in [-0.2, 0) is 19.6 Å². The zero-order valence-corrected chi connectivity index (χ0v) is 27.9. The van der Waals surface area contributed by atoms with Crippen LogP contribution in [0.5, 0.6) is 0 Å². The van der Waals surface area contributed by atoms with Crippen LogP contribution in [0.2, 0.25) is 0 Å². The predicted octanol–water partition coefficient (Wildman–Crippen LogP) is 2.79. The first kappa shape index (κ1) is 34.4. The van der Waals surface area contributed by atoms with Gasteiger partial charge in [0, 0.05) is 48.4 Å². The maximum atomic E-state index is 15.9. The van der Waals surface area contributed by atoms with Gasteiger partial charge in [-0.1, -0.05) is 26.0 Å². The highest BCUT2D eigenvalue weighted by molar-refractivity contribution is 7.88. The van der Waals surface area contributed by atoms with E-state index in [1.54, 1.807) is 55.1 Å². The maximum absolute atomic E-state index is 15.9. The van der Waals surface area contributed by atoms with Gasteiger partial charge in [0.15, 0.2) is 10.8 Å². The summed E-state index contributed by atoms with van der Waals surface area (Å²) in [5, 5.41) is 16.0. The Balaban J connectivity index is 1.49. The molecular weight excluding hydrogens is 645 g/mol. The van der Waals surface area contributed by atoms with E-state index in [4.69, 9.17) is 9.73 Å². The average molecular weight is 685 g/mol. The lowest BCUT2D eigenvalue weighted by Crippen LogP contribution is -2.54. The van der Waals surface area contributed by atoms with Gasteiger partial charge in [-0.15, -0.1) is 11.3 Å². The van der Waals surface area contributed by atoms with Crippen LogP contribution in [0, 0.1) is 18.2 Å². The number of ether oxygens (including phenoxy) is 1. The number of hydrogen-bond donors (Lipinski definition) is 3. The van der Waals surface area contributed by atoms with Crippen molar-refractivity contribution >= 4 is 33.2 Å². The van der Waals surface area contributed by atoms with Gasteiger partial charge >= 0.3 is 5.97 Å². The Bertz CT molecular complexity index is 1630. The molecule has 4 atom stereocenters.